The van der Waals surface area contributed by atoms with Crippen molar-refractivity contribution in [3.05, 3.63) is 47.8 Å². The van der Waals surface area contributed by atoms with Gasteiger partial charge in [0.05, 0.1) is 14.2 Å². The van der Waals surface area contributed by atoms with Gasteiger partial charge in [0, 0.05) is 0 Å². The summed E-state index contributed by atoms with van der Waals surface area (Å²) in [5.41, 5.74) is 1.49. The molecule has 0 saturated heterocycles. The van der Waals surface area contributed by atoms with Crippen LogP contribution in [0, 0.1) is 5.82 Å². The molecule has 2 aromatic rings. The average molecular weight is 276 g/mol. The number of methoxy groups -OCH3 is 2. The largest absolute Gasteiger partial charge is 0.496 e. The molecule has 5 heteroatoms. The quantitative estimate of drug-likeness (QED) is 0.931. The molecule has 2 aromatic carbocycles. The molecule has 0 unspecified atom stereocenters. The molecule has 2 rings (SSSR count). The van der Waals surface area contributed by atoms with Crippen LogP contribution in [0.15, 0.2) is 36.4 Å². The van der Waals surface area contributed by atoms with Crippen molar-refractivity contribution >= 4 is 5.97 Å². The zero-order valence-corrected chi connectivity index (χ0v) is 11.0. The number of hydrogen-bond acceptors (Lipinski definition) is 3. The molecule has 0 saturated carbocycles. The van der Waals surface area contributed by atoms with Crippen LogP contribution in [0.2, 0.25) is 0 Å². The number of benzene rings is 2. The number of halogens is 1. The highest BCUT2D eigenvalue weighted by molar-refractivity contribution is 5.92. The van der Waals surface area contributed by atoms with E-state index in [1.807, 2.05) is 0 Å². The van der Waals surface area contributed by atoms with Gasteiger partial charge < -0.3 is 14.6 Å². The smallest absolute Gasteiger partial charge is 0.339 e. The lowest BCUT2D eigenvalue weighted by Gasteiger charge is -2.09. The van der Waals surface area contributed by atoms with Crippen LogP contribution in [-0.4, -0.2) is 25.3 Å². The molecule has 0 aliphatic heterocycles. The van der Waals surface area contributed by atoms with E-state index in [0.717, 1.165) is 0 Å². The molecule has 0 heterocycles. The van der Waals surface area contributed by atoms with Gasteiger partial charge in [-0.3, -0.25) is 0 Å². The van der Waals surface area contributed by atoms with Crippen molar-refractivity contribution in [2.45, 2.75) is 0 Å². The van der Waals surface area contributed by atoms with Crippen LogP contribution in [0.25, 0.3) is 11.1 Å². The van der Waals surface area contributed by atoms with Crippen molar-refractivity contribution in [2.24, 2.45) is 0 Å². The molecule has 104 valence electrons. The Labute approximate surface area is 115 Å². The first-order valence-corrected chi connectivity index (χ1v) is 5.82. The standard InChI is InChI=1S/C15H13FO4/c1-19-13-7-9(3-5-11(13)15(17)18)10-4-6-12(16)14(8-10)20-2/h3-8H,1-2H3,(H,17,18). The fourth-order valence-electron chi connectivity index (χ4n) is 1.89. The summed E-state index contributed by atoms with van der Waals surface area (Å²) < 4.78 is 23.4. The first kappa shape index (κ1) is 13.9. The van der Waals surface area contributed by atoms with Crippen molar-refractivity contribution in [3.8, 4) is 22.6 Å². The minimum absolute atomic E-state index is 0.0744. The van der Waals surface area contributed by atoms with Crippen molar-refractivity contribution in [1.82, 2.24) is 0 Å². The van der Waals surface area contributed by atoms with Gasteiger partial charge in [-0.25, -0.2) is 9.18 Å². The molecular formula is C15H13FO4. The number of carboxylic acids is 1. The summed E-state index contributed by atoms with van der Waals surface area (Å²) >= 11 is 0. The SMILES string of the molecule is COc1cc(-c2ccc(C(=O)O)c(OC)c2)ccc1F. The lowest BCUT2D eigenvalue weighted by molar-refractivity contribution is 0.0693. The molecule has 0 spiro atoms. The van der Waals surface area contributed by atoms with E-state index in [2.05, 4.69) is 0 Å². The molecule has 0 aromatic heterocycles. The number of hydrogen-bond donors (Lipinski definition) is 1. The van der Waals surface area contributed by atoms with Crippen molar-refractivity contribution in [2.75, 3.05) is 14.2 Å². The summed E-state index contributed by atoms with van der Waals surface area (Å²) in [6, 6.07) is 9.12. The van der Waals surface area contributed by atoms with E-state index in [1.165, 1.54) is 26.4 Å². The van der Waals surface area contributed by atoms with Gasteiger partial charge in [0.2, 0.25) is 0 Å². The highest BCUT2D eigenvalue weighted by Crippen LogP contribution is 2.30. The van der Waals surface area contributed by atoms with Gasteiger partial charge in [-0.05, 0) is 35.4 Å². The Morgan fingerprint density at radius 2 is 1.55 bits per heavy atom. The van der Waals surface area contributed by atoms with Crippen molar-refractivity contribution in [3.63, 3.8) is 0 Å². The summed E-state index contributed by atoms with van der Waals surface area (Å²) in [6.07, 6.45) is 0. The lowest BCUT2D eigenvalue weighted by atomic mass is 10.0. The molecule has 0 aliphatic carbocycles. The maximum atomic E-state index is 13.4. The third-order valence-corrected chi connectivity index (χ3v) is 2.92. The molecule has 0 bridgehead atoms. The van der Waals surface area contributed by atoms with E-state index >= 15 is 0 Å². The minimum atomic E-state index is -1.06. The summed E-state index contributed by atoms with van der Waals surface area (Å²) in [6.45, 7) is 0. The molecule has 0 fully saturated rings. The lowest BCUT2D eigenvalue weighted by Crippen LogP contribution is -2.00. The zero-order valence-electron chi connectivity index (χ0n) is 11.0. The second-order valence-electron chi connectivity index (χ2n) is 4.07. The third-order valence-electron chi connectivity index (χ3n) is 2.92. The Bertz CT molecular complexity index is 652. The van der Waals surface area contributed by atoms with Crippen molar-refractivity contribution in [1.29, 1.82) is 0 Å². The van der Waals surface area contributed by atoms with E-state index in [1.54, 1.807) is 24.3 Å². The van der Waals surface area contributed by atoms with Gasteiger partial charge in [-0.15, -0.1) is 0 Å². The highest BCUT2D eigenvalue weighted by Gasteiger charge is 2.13. The van der Waals surface area contributed by atoms with E-state index in [9.17, 15) is 9.18 Å². The molecule has 0 amide bonds. The van der Waals surface area contributed by atoms with Crippen LogP contribution >= 0.6 is 0 Å². The van der Waals surface area contributed by atoms with Crippen LogP contribution in [-0.2, 0) is 0 Å². The monoisotopic (exact) mass is 276 g/mol. The van der Waals surface area contributed by atoms with Gasteiger partial charge in [-0.1, -0.05) is 12.1 Å². The zero-order chi connectivity index (χ0) is 14.7. The number of aromatic carboxylic acids is 1. The third kappa shape index (κ3) is 2.56. The Balaban J connectivity index is 2.50. The Kier molecular flexibility index (Phi) is 3.89. The number of carbonyl (C=O) groups is 1. The van der Waals surface area contributed by atoms with Crippen LogP contribution in [0.4, 0.5) is 4.39 Å². The topological polar surface area (TPSA) is 55.8 Å². The molecule has 4 nitrogen and oxygen atoms in total. The molecule has 0 radical (unpaired) electrons. The Hall–Kier alpha value is -2.56. The van der Waals surface area contributed by atoms with Crippen molar-refractivity contribution < 1.29 is 23.8 Å². The summed E-state index contributed by atoms with van der Waals surface area (Å²) in [5.74, 6) is -1.14. The van der Waals surface area contributed by atoms with Crippen LogP contribution in [0.3, 0.4) is 0 Å². The number of carboxylic acid groups (broad SMARTS) is 1. The predicted molar refractivity (Wildman–Crippen MR) is 71.9 cm³/mol. The maximum Gasteiger partial charge on any atom is 0.339 e. The van der Waals surface area contributed by atoms with E-state index in [-0.39, 0.29) is 17.1 Å². The second kappa shape index (κ2) is 5.61. The molecule has 0 atom stereocenters. The van der Waals surface area contributed by atoms with Gasteiger partial charge in [0.1, 0.15) is 11.3 Å². The second-order valence-corrected chi connectivity index (χ2v) is 4.07. The van der Waals surface area contributed by atoms with E-state index in [4.69, 9.17) is 14.6 Å². The molecule has 1 N–H and O–H groups in total. The first-order valence-electron chi connectivity index (χ1n) is 5.82. The fourth-order valence-corrected chi connectivity index (χ4v) is 1.89. The van der Waals surface area contributed by atoms with Gasteiger partial charge in [0.25, 0.3) is 0 Å². The Morgan fingerprint density at radius 3 is 2.10 bits per heavy atom. The normalized spacial score (nSPS) is 10.2. The minimum Gasteiger partial charge on any atom is -0.496 e. The summed E-state index contributed by atoms with van der Waals surface area (Å²) in [5, 5.41) is 9.03. The van der Waals surface area contributed by atoms with Gasteiger partial charge in [0.15, 0.2) is 11.6 Å². The summed E-state index contributed by atoms with van der Waals surface area (Å²) in [7, 11) is 2.78. The maximum absolute atomic E-state index is 13.4. The first-order chi connectivity index (χ1) is 9.56. The average Bonchev–Trinajstić information content (AvgIpc) is 2.46. The summed E-state index contributed by atoms with van der Waals surface area (Å²) in [4.78, 5) is 11.0. The highest BCUT2D eigenvalue weighted by atomic mass is 19.1. The van der Waals surface area contributed by atoms with E-state index in [0.29, 0.717) is 11.1 Å². The van der Waals surface area contributed by atoms with Gasteiger partial charge in [-0.2, -0.15) is 0 Å². The van der Waals surface area contributed by atoms with Gasteiger partial charge >= 0.3 is 5.97 Å². The van der Waals surface area contributed by atoms with Crippen LogP contribution in [0.5, 0.6) is 11.5 Å². The van der Waals surface area contributed by atoms with Crippen LogP contribution in [0.1, 0.15) is 10.4 Å². The van der Waals surface area contributed by atoms with Crippen LogP contribution < -0.4 is 9.47 Å². The number of ether oxygens (including phenoxy) is 2. The Morgan fingerprint density at radius 1 is 1.00 bits per heavy atom. The molecular weight excluding hydrogens is 263 g/mol. The van der Waals surface area contributed by atoms with E-state index < -0.39 is 11.8 Å². The molecule has 0 aliphatic rings. The fraction of sp³-hybridized carbons (Fsp3) is 0.133. The predicted octanol–water partition coefficient (Wildman–Crippen LogP) is 3.21. The number of rotatable bonds is 4. The molecule has 20 heavy (non-hydrogen) atoms.